The van der Waals surface area contributed by atoms with E-state index in [0.29, 0.717) is 6.04 Å². The Labute approximate surface area is 289 Å². The van der Waals surface area contributed by atoms with Gasteiger partial charge in [0, 0.05) is 44.9 Å². The number of rotatable bonds is 8. The first-order valence-corrected chi connectivity index (χ1v) is 17.5. The fraction of sp³-hybridized carbons (Fsp3) is 0.149. The van der Waals surface area contributed by atoms with Gasteiger partial charge in [0.25, 0.3) is 0 Å². The highest BCUT2D eigenvalue weighted by Crippen LogP contribution is 2.40. The minimum absolute atomic E-state index is 0.378. The monoisotopic (exact) mass is 634 g/mol. The highest BCUT2D eigenvalue weighted by Gasteiger charge is 2.18. The van der Waals surface area contributed by atoms with Gasteiger partial charge in [0.15, 0.2) is 0 Å². The molecule has 49 heavy (non-hydrogen) atoms. The summed E-state index contributed by atoms with van der Waals surface area (Å²) in [6.07, 6.45) is 1.95. The van der Waals surface area contributed by atoms with Gasteiger partial charge in [-0.3, -0.25) is 0 Å². The van der Waals surface area contributed by atoms with Crippen LogP contribution in [0.2, 0.25) is 0 Å². The number of aromatic nitrogens is 1. The standard InChI is InChI=1S/C47H42N2/c1-32(2)48-46-13-9-8-12-44(46)45-31-37(22-29-47(45)48)41-27-21-36-30-40(25-28-42(36)43(41)26-20-35-18-14-33(3)15-19-35)49(38-10-6-5-7-11-38)39-23-16-34(4)17-24-39/h5-19,21-25,27-32H,20,26H2,1-4H3. The van der Waals surface area contributed by atoms with Crippen molar-refractivity contribution in [1.29, 1.82) is 0 Å². The molecule has 0 aliphatic carbocycles. The predicted molar refractivity (Wildman–Crippen MR) is 211 cm³/mol. The van der Waals surface area contributed by atoms with Gasteiger partial charge in [-0.05, 0) is 128 Å². The Balaban J connectivity index is 1.29. The second-order valence-electron chi connectivity index (χ2n) is 13.7. The Kier molecular flexibility index (Phi) is 8.01. The fourth-order valence-corrected chi connectivity index (χ4v) is 7.53. The molecule has 8 aromatic rings. The van der Waals surface area contributed by atoms with Crippen molar-refractivity contribution in [2.24, 2.45) is 0 Å². The minimum atomic E-state index is 0.378. The summed E-state index contributed by atoms with van der Waals surface area (Å²) in [5, 5.41) is 5.20. The molecule has 0 fully saturated rings. The van der Waals surface area contributed by atoms with E-state index in [0.717, 1.165) is 29.9 Å². The van der Waals surface area contributed by atoms with E-state index in [4.69, 9.17) is 0 Å². The second kappa shape index (κ2) is 12.8. The third kappa shape index (κ3) is 5.78. The summed E-state index contributed by atoms with van der Waals surface area (Å²) in [6, 6.07) is 56.5. The number of fused-ring (bicyclic) bond motifs is 4. The molecule has 1 aromatic heterocycles. The highest BCUT2D eigenvalue weighted by atomic mass is 15.1. The van der Waals surface area contributed by atoms with Gasteiger partial charge in [-0.1, -0.05) is 108 Å². The third-order valence-corrected chi connectivity index (χ3v) is 10.0. The minimum Gasteiger partial charge on any atom is -0.338 e. The van der Waals surface area contributed by atoms with Crippen molar-refractivity contribution < 1.29 is 0 Å². The maximum absolute atomic E-state index is 2.47. The summed E-state index contributed by atoms with van der Waals surface area (Å²) in [6.45, 7) is 8.85. The van der Waals surface area contributed by atoms with Crippen LogP contribution >= 0.6 is 0 Å². The van der Waals surface area contributed by atoms with Crippen LogP contribution in [0.1, 0.15) is 42.1 Å². The molecule has 0 aliphatic heterocycles. The maximum atomic E-state index is 2.47. The van der Waals surface area contributed by atoms with Gasteiger partial charge in [0.2, 0.25) is 0 Å². The zero-order valence-electron chi connectivity index (χ0n) is 28.8. The molecule has 2 nitrogen and oxygen atoms in total. The molecule has 0 atom stereocenters. The lowest BCUT2D eigenvalue weighted by Gasteiger charge is -2.26. The predicted octanol–water partition coefficient (Wildman–Crippen LogP) is 13.1. The number of hydrogen-bond donors (Lipinski definition) is 0. The van der Waals surface area contributed by atoms with Crippen molar-refractivity contribution in [2.75, 3.05) is 4.90 Å². The fourth-order valence-electron chi connectivity index (χ4n) is 7.53. The van der Waals surface area contributed by atoms with E-state index in [2.05, 4.69) is 189 Å². The summed E-state index contributed by atoms with van der Waals surface area (Å²) in [5.41, 5.74) is 14.0. The summed E-state index contributed by atoms with van der Waals surface area (Å²) < 4.78 is 2.47. The van der Waals surface area contributed by atoms with Crippen molar-refractivity contribution >= 4 is 49.6 Å². The van der Waals surface area contributed by atoms with E-state index in [-0.39, 0.29) is 0 Å². The summed E-state index contributed by atoms with van der Waals surface area (Å²) in [4.78, 5) is 2.36. The molecule has 7 aromatic carbocycles. The lowest BCUT2D eigenvalue weighted by Crippen LogP contribution is -2.09. The van der Waals surface area contributed by atoms with Crippen LogP contribution in [-0.2, 0) is 12.8 Å². The molecule has 1 heterocycles. The quantitative estimate of drug-likeness (QED) is 0.161. The van der Waals surface area contributed by atoms with Gasteiger partial charge in [-0.2, -0.15) is 0 Å². The normalized spacial score (nSPS) is 11.6. The lowest BCUT2D eigenvalue weighted by molar-refractivity contribution is 0.642. The first-order valence-electron chi connectivity index (χ1n) is 17.5. The van der Waals surface area contributed by atoms with Crippen molar-refractivity contribution in [3.8, 4) is 11.1 Å². The lowest BCUT2D eigenvalue weighted by atomic mass is 9.89. The average molecular weight is 635 g/mol. The van der Waals surface area contributed by atoms with E-state index in [1.165, 1.54) is 66.0 Å². The largest absolute Gasteiger partial charge is 0.338 e. The Morgan fingerprint density at radius 1 is 0.510 bits per heavy atom. The van der Waals surface area contributed by atoms with E-state index in [9.17, 15) is 0 Å². The number of aryl methyl sites for hydroxylation is 4. The van der Waals surface area contributed by atoms with E-state index < -0.39 is 0 Å². The summed E-state index contributed by atoms with van der Waals surface area (Å²) in [7, 11) is 0. The third-order valence-electron chi connectivity index (χ3n) is 10.0. The molecule has 0 bridgehead atoms. The second-order valence-corrected chi connectivity index (χ2v) is 13.7. The van der Waals surface area contributed by atoms with Gasteiger partial charge in [-0.15, -0.1) is 0 Å². The number of hydrogen-bond acceptors (Lipinski definition) is 1. The van der Waals surface area contributed by atoms with Crippen LogP contribution in [0.15, 0.2) is 152 Å². The molecule has 0 unspecified atom stereocenters. The van der Waals surface area contributed by atoms with Crippen LogP contribution in [-0.4, -0.2) is 4.57 Å². The summed E-state index contributed by atoms with van der Waals surface area (Å²) in [5.74, 6) is 0. The van der Waals surface area contributed by atoms with Gasteiger partial charge < -0.3 is 9.47 Å². The van der Waals surface area contributed by atoms with Crippen LogP contribution < -0.4 is 4.90 Å². The molecule has 0 aliphatic rings. The number of benzene rings is 7. The zero-order chi connectivity index (χ0) is 33.5. The van der Waals surface area contributed by atoms with E-state index >= 15 is 0 Å². The molecule has 0 amide bonds. The van der Waals surface area contributed by atoms with Crippen LogP contribution in [0, 0.1) is 13.8 Å². The molecule has 0 radical (unpaired) electrons. The zero-order valence-corrected chi connectivity index (χ0v) is 28.8. The van der Waals surface area contributed by atoms with Crippen molar-refractivity contribution in [3.05, 3.63) is 174 Å². The van der Waals surface area contributed by atoms with Crippen LogP contribution in [0.5, 0.6) is 0 Å². The van der Waals surface area contributed by atoms with Gasteiger partial charge in [0.05, 0.1) is 0 Å². The maximum Gasteiger partial charge on any atom is 0.0494 e. The highest BCUT2D eigenvalue weighted by molar-refractivity contribution is 6.10. The molecular weight excluding hydrogens is 593 g/mol. The first-order chi connectivity index (χ1) is 23.9. The van der Waals surface area contributed by atoms with Gasteiger partial charge >= 0.3 is 0 Å². The molecule has 0 saturated carbocycles. The van der Waals surface area contributed by atoms with Crippen LogP contribution in [0.25, 0.3) is 43.7 Å². The van der Waals surface area contributed by atoms with Crippen molar-refractivity contribution in [2.45, 2.75) is 46.6 Å². The molecule has 0 N–H and O–H groups in total. The SMILES string of the molecule is Cc1ccc(CCc2c(-c3ccc4c(c3)c3ccccc3n4C(C)C)ccc3cc(N(c4ccccc4)c4ccc(C)cc4)ccc23)cc1. The first kappa shape index (κ1) is 30.7. The molecule has 8 rings (SSSR count). The van der Waals surface area contributed by atoms with Gasteiger partial charge in [0.1, 0.15) is 0 Å². The Morgan fingerprint density at radius 2 is 1.16 bits per heavy atom. The van der Waals surface area contributed by atoms with Gasteiger partial charge in [-0.25, -0.2) is 0 Å². The van der Waals surface area contributed by atoms with Crippen LogP contribution in [0.3, 0.4) is 0 Å². The molecule has 0 saturated heterocycles. The van der Waals surface area contributed by atoms with Crippen molar-refractivity contribution in [3.63, 3.8) is 0 Å². The number of nitrogens with zero attached hydrogens (tertiary/aromatic N) is 2. The van der Waals surface area contributed by atoms with Crippen LogP contribution in [0.4, 0.5) is 17.1 Å². The molecule has 240 valence electrons. The molecular formula is C47H42N2. The smallest absolute Gasteiger partial charge is 0.0494 e. The van der Waals surface area contributed by atoms with Crippen molar-refractivity contribution in [1.82, 2.24) is 4.57 Å². The molecule has 2 heteroatoms. The van der Waals surface area contributed by atoms with E-state index in [1.807, 2.05) is 0 Å². The Bertz CT molecular complexity index is 2410. The number of para-hydroxylation sites is 2. The number of anilines is 3. The average Bonchev–Trinajstić information content (AvgIpc) is 3.46. The molecule has 0 spiro atoms. The Hall–Kier alpha value is -5.60. The van der Waals surface area contributed by atoms with E-state index in [1.54, 1.807) is 0 Å². The Morgan fingerprint density at radius 3 is 1.92 bits per heavy atom. The topological polar surface area (TPSA) is 8.17 Å². The summed E-state index contributed by atoms with van der Waals surface area (Å²) >= 11 is 0.